The third-order valence-corrected chi connectivity index (χ3v) is 4.24. The number of para-hydroxylation sites is 1. The second-order valence-corrected chi connectivity index (χ2v) is 5.91. The highest BCUT2D eigenvalue weighted by Gasteiger charge is 2.20. The maximum absolute atomic E-state index is 12.9. The zero-order valence-electron chi connectivity index (χ0n) is 14.0. The molecule has 0 aliphatic carbocycles. The minimum absolute atomic E-state index is 0.131. The average Bonchev–Trinajstić information content (AvgIpc) is 3.00. The van der Waals surface area contributed by atoms with Crippen LogP contribution in [-0.4, -0.2) is 51.9 Å². The Labute approximate surface area is 146 Å². The summed E-state index contributed by atoms with van der Waals surface area (Å²) in [4.78, 5) is 14.4. The molecule has 3 aromatic rings. The van der Waals surface area contributed by atoms with Crippen molar-refractivity contribution in [2.75, 3.05) is 26.3 Å². The molecule has 0 saturated carbocycles. The van der Waals surface area contributed by atoms with Crippen LogP contribution in [-0.2, 0) is 6.54 Å². The van der Waals surface area contributed by atoms with Gasteiger partial charge >= 0.3 is 0 Å². The van der Waals surface area contributed by atoms with Crippen molar-refractivity contribution in [1.82, 2.24) is 9.47 Å². The molecule has 0 bridgehead atoms. The van der Waals surface area contributed by atoms with Crippen molar-refractivity contribution in [3.63, 3.8) is 0 Å². The molecule has 0 spiro atoms. The third kappa shape index (κ3) is 3.73. The van der Waals surface area contributed by atoms with Gasteiger partial charge in [-0.1, -0.05) is 48.5 Å². The Morgan fingerprint density at radius 3 is 2.24 bits per heavy atom. The topological polar surface area (TPSA) is 65.7 Å². The Kier molecular flexibility index (Phi) is 5.48. The molecule has 0 atom stereocenters. The molecule has 0 aliphatic rings. The summed E-state index contributed by atoms with van der Waals surface area (Å²) in [5.74, 6) is -0.175. The van der Waals surface area contributed by atoms with Gasteiger partial charge in [-0.05, 0) is 11.6 Å². The molecule has 3 rings (SSSR count). The SMILES string of the molecule is O=C(c1cn(Cc2ccccc2)c2ccccc12)N(CCO)CCO. The fraction of sp³-hybridized carbons (Fsp3) is 0.250. The quantitative estimate of drug-likeness (QED) is 0.693. The van der Waals surface area contributed by atoms with Gasteiger partial charge < -0.3 is 19.7 Å². The van der Waals surface area contributed by atoms with Crippen LogP contribution in [0.4, 0.5) is 0 Å². The molecular formula is C20H22N2O3. The largest absolute Gasteiger partial charge is 0.395 e. The van der Waals surface area contributed by atoms with Crippen molar-refractivity contribution in [3.8, 4) is 0 Å². The molecule has 2 N–H and O–H groups in total. The monoisotopic (exact) mass is 338 g/mol. The number of rotatable bonds is 7. The number of amides is 1. The van der Waals surface area contributed by atoms with Crippen LogP contribution in [0.3, 0.4) is 0 Å². The molecule has 1 aromatic heterocycles. The zero-order chi connectivity index (χ0) is 17.6. The van der Waals surface area contributed by atoms with E-state index >= 15 is 0 Å². The maximum Gasteiger partial charge on any atom is 0.256 e. The number of fused-ring (bicyclic) bond motifs is 1. The standard InChI is InChI=1S/C20H22N2O3/c23-12-10-21(11-13-24)20(25)18-15-22(14-16-6-2-1-3-7-16)19-9-5-4-8-17(18)19/h1-9,15,23-24H,10-14H2. The number of hydrogen-bond donors (Lipinski definition) is 2. The van der Waals surface area contributed by atoms with Crippen molar-refractivity contribution < 1.29 is 15.0 Å². The second kappa shape index (κ2) is 7.96. The first-order valence-electron chi connectivity index (χ1n) is 8.37. The number of carbonyl (C=O) groups is 1. The van der Waals surface area contributed by atoms with E-state index in [0.29, 0.717) is 12.1 Å². The molecule has 0 unspecified atom stereocenters. The lowest BCUT2D eigenvalue weighted by atomic mass is 10.1. The highest BCUT2D eigenvalue weighted by atomic mass is 16.3. The van der Waals surface area contributed by atoms with Crippen LogP contribution in [0.1, 0.15) is 15.9 Å². The Morgan fingerprint density at radius 2 is 1.56 bits per heavy atom. The van der Waals surface area contributed by atoms with Gasteiger partial charge in [0.2, 0.25) is 0 Å². The van der Waals surface area contributed by atoms with E-state index < -0.39 is 0 Å². The Morgan fingerprint density at radius 1 is 0.920 bits per heavy atom. The maximum atomic E-state index is 12.9. The van der Waals surface area contributed by atoms with Crippen molar-refractivity contribution in [2.24, 2.45) is 0 Å². The van der Waals surface area contributed by atoms with E-state index in [4.69, 9.17) is 0 Å². The van der Waals surface area contributed by atoms with Crippen LogP contribution in [0.2, 0.25) is 0 Å². The predicted octanol–water partition coefficient (Wildman–Crippen LogP) is 2.12. The number of benzene rings is 2. The number of hydrogen-bond acceptors (Lipinski definition) is 3. The highest BCUT2D eigenvalue weighted by Crippen LogP contribution is 2.23. The summed E-state index contributed by atoms with van der Waals surface area (Å²) in [6, 6.07) is 17.9. The van der Waals surface area contributed by atoms with Crippen LogP contribution in [0.25, 0.3) is 10.9 Å². The second-order valence-electron chi connectivity index (χ2n) is 5.91. The van der Waals surface area contributed by atoms with Crippen LogP contribution in [0.5, 0.6) is 0 Å². The fourth-order valence-electron chi connectivity index (χ4n) is 3.05. The molecule has 0 radical (unpaired) electrons. The molecule has 0 fully saturated rings. The fourth-order valence-corrected chi connectivity index (χ4v) is 3.05. The Bertz CT molecular complexity index is 837. The number of aliphatic hydroxyl groups excluding tert-OH is 2. The molecule has 2 aromatic carbocycles. The zero-order valence-corrected chi connectivity index (χ0v) is 14.0. The van der Waals surface area contributed by atoms with Gasteiger partial charge in [-0.3, -0.25) is 4.79 Å². The molecule has 1 amide bonds. The van der Waals surface area contributed by atoms with Crippen molar-refractivity contribution >= 4 is 16.8 Å². The van der Waals surface area contributed by atoms with Crippen molar-refractivity contribution in [2.45, 2.75) is 6.54 Å². The van der Waals surface area contributed by atoms with Gasteiger partial charge in [-0.2, -0.15) is 0 Å². The number of aliphatic hydroxyl groups is 2. The Hall–Kier alpha value is -2.63. The van der Waals surface area contributed by atoms with Crippen LogP contribution < -0.4 is 0 Å². The minimum atomic E-state index is -0.175. The van der Waals surface area contributed by atoms with Gasteiger partial charge in [-0.15, -0.1) is 0 Å². The molecule has 5 heteroatoms. The molecule has 0 aliphatic heterocycles. The van der Waals surface area contributed by atoms with Gasteiger partial charge in [0, 0.05) is 36.7 Å². The lowest BCUT2D eigenvalue weighted by Gasteiger charge is -2.20. The first-order chi connectivity index (χ1) is 12.2. The van der Waals surface area contributed by atoms with Crippen molar-refractivity contribution in [3.05, 3.63) is 71.9 Å². The van der Waals surface area contributed by atoms with Gasteiger partial charge in [0.05, 0.1) is 18.8 Å². The van der Waals surface area contributed by atoms with Crippen LogP contribution >= 0.6 is 0 Å². The molecule has 5 nitrogen and oxygen atoms in total. The minimum Gasteiger partial charge on any atom is -0.395 e. The van der Waals surface area contributed by atoms with Crippen LogP contribution in [0.15, 0.2) is 60.8 Å². The van der Waals surface area contributed by atoms with E-state index in [0.717, 1.165) is 16.5 Å². The highest BCUT2D eigenvalue weighted by molar-refractivity contribution is 6.07. The summed E-state index contributed by atoms with van der Waals surface area (Å²) in [6.07, 6.45) is 1.86. The molecule has 1 heterocycles. The summed E-state index contributed by atoms with van der Waals surface area (Å²) < 4.78 is 2.06. The van der Waals surface area contributed by atoms with E-state index in [1.54, 1.807) is 0 Å². The summed E-state index contributed by atoms with van der Waals surface area (Å²) in [5, 5.41) is 19.3. The van der Waals surface area contributed by atoms with Gasteiger partial charge in [0.15, 0.2) is 0 Å². The lowest BCUT2D eigenvalue weighted by molar-refractivity contribution is 0.0686. The van der Waals surface area contributed by atoms with E-state index in [-0.39, 0.29) is 32.2 Å². The van der Waals surface area contributed by atoms with E-state index in [9.17, 15) is 15.0 Å². The molecule has 0 saturated heterocycles. The molecular weight excluding hydrogens is 316 g/mol. The number of aromatic nitrogens is 1. The smallest absolute Gasteiger partial charge is 0.256 e. The predicted molar refractivity (Wildman–Crippen MR) is 97.6 cm³/mol. The van der Waals surface area contributed by atoms with E-state index in [1.807, 2.05) is 48.7 Å². The summed E-state index contributed by atoms with van der Waals surface area (Å²) >= 11 is 0. The average molecular weight is 338 g/mol. The number of nitrogens with zero attached hydrogens (tertiary/aromatic N) is 2. The summed E-state index contributed by atoms with van der Waals surface area (Å²) in [5.41, 5.74) is 2.74. The normalized spacial score (nSPS) is 11.0. The summed E-state index contributed by atoms with van der Waals surface area (Å²) in [7, 11) is 0. The Balaban J connectivity index is 2.00. The van der Waals surface area contributed by atoms with Gasteiger partial charge in [0.25, 0.3) is 5.91 Å². The third-order valence-electron chi connectivity index (χ3n) is 4.24. The van der Waals surface area contributed by atoms with Crippen LogP contribution in [0, 0.1) is 0 Å². The number of carbonyl (C=O) groups excluding carboxylic acids is 1. The van der Waals surface area contributed by atoms with Gasteiger partial charge in [-0.25, -0.2) is 0 Å². The van der Waals surface area contributed by atoms with Gasteiger partial charge in [0.1, 0.15) is 0 Å². The van der Waals surface area contributed by atoms with E-state index in [1.165, 1.54) is 4.90 Å². The molecule has 130 valence electrons. The lowest BCUT2D eigenvalue weighted by Crippen LogP contribution is -2.35. The first kappa shape index (κ1) is 17.2. The first-order valence-corrected chi connectivity index (χ1v) is 8.37. The van der Waals surface area contributed by atoms with Crippen molar-refractivity contribution in [1.29, 1.82) is 0 Å². The summed E-state index contributed by atoms with van der Waals surface area (Å²) in [6.45, 7) is 0.826. The molecule has 25 heavy (non-hydrogen) atoms. The van der Waals surface area contributed by atoms with E-state index in [2.05, 4.69) is 16.7 Å².